The van der Waals surface area contributed by atoms with E-state index < -0.39 is 23.4 Å². The minimum atomic E-state index is -1.12. The lowest BCUT2D eigenvalue weighted by Crippen LogP contribution is -2.53. The summed E-state index contributed by atoms with van der Waals surface area (Å²) in [4.78, 5) is 40.8. The quantitative estimate of drug-likeness (QED) is 0.580. The number of halogens is 2. The molecule has 2 saturated heterocycles. The van der Waals surface area contributed by atoms with Gasteiger partial charge in [0, 0.05) is 47.8 Å². The third-order valence-corrected chi connectivity index (χ3v) is 5.90. The number of nitrogens with two attached hydrogens (primary N) is 1. The van der Waals surface area contributed by atoms with Crippen molar-refractivity contribution in [2.24, 2.45) is 11.7 Å². The highest BCUT2D eigenvalue weighted by Gasteiger charge is 2.47. The van der Waals surface area contributed by atoms with E-state index in [4.69, 9.17) is 28.9 Å². The fraction of sp³-hybridized carbons (Fsp3) is 0.526. The van der Waals surface area contributed by atoms with E-state index in [9.17, 15) is 14.4 Å². The summed E-state index contributed by atoms with van der Waals surface area (Å²) in [5, 5.41) is 6.06. The number of urea groups is 1. The van der Waals surface area contributed by atoms with Gasteiger partial charge in [0.25, 0.3) is 5.91 Å². The average molecular weight is 442 g/mol. The predicted octanol–water partition coefficient (Wildman–Crippen LogP) is 1.60. The van der Waals surface area contributed by atoms with Gasteiger partial charge in [-0.1, -0.05) is 30.1 Å². The van der Waals surface area contributed by atoms with Gasteiger partial charge in [-0.2, -0.15) is 0 Å². The Kier molecular flexibility index (Phi) is 6.55. The zero-order chi connectivity index (χ0) is 21.2. The topological polar surface area (TPSA) is 108 Å². The molecule has 2 fully saturated rings. The molecule has 8 nitrogen and oxygen atoms in total. The third-order valence-electron chi connectivity index (χ3n) is 5.47. The highest BCUT2D eigenvalue weighted by atomic mass is 35.5. The van der Waals surface area contributed by atoms with Crippen molar-refractivity contribution in [2.75, 3.05) is 37.6 Å². The van der Waals surface area contributed by atoms with E-state index in [-0.39, 0.29) is 25.3 Å². The normalized spacial score (nSPS) is 23.0. The zero-order valence-corrected chi connectivity index (χ0v) is 17.7. The number of benzene rings is 1. The van der Waals surface area contributed by atoms with Crippen LogP contribution in [0.4, 0.5) is 10.5 Å². The van der Waals surface area contributed by atoms with Crippen molar-refractivity contribution in [1.82, 2.24) is 15.5 Å². The molecule has 29 heavy (non-hydrogen) atoms. The molecule has 0 aliphatic carbocycles. The maximum absolute atomic E-state index is 13.0. The van der Waals surface area contributed by atoms with Crippen LogP contribution in [0.15, 0.2) is 18.2 Å². The first-order chi connectivity index (χ1) is 13.7. The average Bonchev–Trinajstić information content (AvgIpc) is 2.93. The maximum Gasteiger partial charge on any atom is 0.322 e. The van der Waals surface area contributed by atoms with Gasteiger partial charge in [-0.15, -0.1) is 0 Å². The molecule has 2 heterocycles. The van der Waals surface area contributed by atoms with Crippen LogP contribution in [0.25, 0.3) is 0 Å². The molecule has 0 radical (unpaired) electrons. The van der Waals surface area contributed by atoms with Gasteiger partial charge in [0.05, 0.1) is 0 Å². The molecule has 1 aromatic rings. The molecule has 2 unspecified atom stereocenters. The molecule has 10 heteroatoms. The molecule has 0 bridgehead atoms. The number of nitrogens with zero attached hydrogens (tertiary/aromatic N) is 2. The largest absolute Gasteiger partial charge is 0.368 e. The number of amides is 4. The van der Waals surface area contributed by atoms with Crippen molar-refractivity contribution in [3.8, 4) is 0 Å². The van der Waals surface area contributed by atoms with Crippen LogP contribution in [0.1, 0.15) is 19.8 Å². The SMILES string of the molecule is CC(CC1(CCN)NC(=O)NC1=O)C(=O)N1CCN(c2cc(Cl)cc(Cl)c2)CC1. The van der Waals surface area contributed by atoms with Crippen molar-refractivity contribution in [3.63, 3.8) is 0 Å². The summed E-state index contributed by atoms with van der Waals surface area (Å²) < 4.78 is 0. The standard InChI is InChI=1S/C19H25Cl2N5O3/c1-12(11-19(2-3-22)17(28)23-18(29)24-19)16(27)26-6-4-25(5-7-26)15-9-13(20)8-14(21)10-15/h8-10,12H,2-7,11,22H2,1H3,(H2,23,24,28,29). The highest BCUT2D eigenvalue weighted by Crippen LogP contribution is 2.28. The molecule has 0 saturated carbocycles. The lowest BCUT2D eigenvalue weighted by atomic mass is 9.84. The molecule has 2 atom stereocenters. The van der Waals surface area contributed by atoms with Gasteiger partial charge in [-0.3, -0.25) is 14.9 Å². The number of anilines is 1. The molecule has 4 N–H and O–H groups in total. The second kappa shape index (κ2) is 8.77. The highest BCUT2D eigenvalue weighted by molar-refractivity contribution is 6.35. The summed E-state index contributed by atoms with van der Waals surface area (Å²) >= 11 is 12.2. The monoisotopic (exact) mass is 441 g/mol. The predicted molar refractivity (Wildman–Crippen MR) is 112 cm³/mol. The Morgan fingerprint density at radius 2 is 1.79 bits per heavy atom. The Morgan fingerprint density at radius 3 is 2.31 bits per heavy atom. The molecular weight excluding hydrogens is 417 g/mol. The van der Waals surface area contributed by atoms with E-state index in [1.165, 1.54) is 0 Å². The van der Waals surface area contributed by atoms with Crippen LogP contribution in [0.2, 0.25) is 10.0 Å². The van der Waals surface area contributed by atoms with E-state index in [2.05, 4.69) is 15.5 Å². The van der Waals surface area contributed by atoms with Crippen LogP contribution < -0.4 is 21.3 Å². The van der Waals surface area contributed by atoms with Crippen molar-refractivity contribution < 1.29 is 14.4 Å². The molecule has 1 aromatic carbocycles. The minimum absolute atomic E-state index is 0.0425. The summed E-state index contributed by atoms with van der Waals surface area (Å²) in [6.45, 7) is 4.42. The first-order valence-electron chi connectivity index (χ1n) is 9.57. The number of hydrogen-bond donors (Lipinski definition) is 3. The number of hydrogen-bond acceptors (Lipinski definition) is 5. The first kappa shape index (κ1) is 21.7. The van der Waals surface area contributed by atoms with Crippen LogP contribution in [-0.2, 0) is 9.59 Å². The van der Waals surface area contributed by atoms with Gasteiger partial charge in [-0.25, -0.2) is 4.79 Å². The van der Waals surface area contributed by atoms with Gasteiger partial charge in [0.1, 0.15) is 5.54 Å². The van der Waals surface area contributed by atoms with Gasteiger partial charge in [0.15, 0.2) is 0 Å². The lowest BCUT2D eigenvalue weighted by molar-refractivity contribution is -0.136. The van der Waals surface area contributed by atoms with E-state index in [1.807, 2.05) is 12.1 Å². The fourth-order valence-corrected chi connectivity index (χ4v) is 4.54. The number of carbonyl (C=O) groups is 3. The summed E-state index contributed by atoms with van der Waals surface area (Å²) in [7, 11) is 0. The van der Waals surface area contributed by atoms with Crippen molar-refractivity contribution in [2.45, 2.75) is 25.3 Å². The minimum Gasteiger partial charge on any atom is -0.368 e. The number of rotatable bonds is 6. The number of carbonyl (C=O) groups excluding carboxylic acids is 3. The number of nitrogens with one attached hydrogen (secondary N) is 2. The zero-order valence-electron chi connectivity index (χ0n) is 16.2. The maximum atomic E-state index is 13.0. The summed E-state index contributed by atoms with van der Waals surface area (Å²) in [5.74, 6) is -0.896. The van der Waals surface area contributed by atoms with E-state index in [0.29, 0.717) is 36.2 Å². The van der Waals surface area contributed by atoms with Crippen LogP contribution in [0, 0.1) is 5.92 Å². The van der Waals surface area contributed by atoms with Gasteiger partial charge in [0.2, 0.25) is 5.91 Å². The lowest BCUT2D eigenvalue weighted by Gasteiger charge is -2.38. The molecule has 2 aliphatic heterocycles. The Balaban J connectivity index is 1.61. The molecule has 0 aromatic heterocycles. The molecule has 4 amide bonds. The molecular formula is C19H25Cl2N5O3. The number of piperazine rings is 1. The van der Waals surface area contributed by atoms with E-state index >= 15 is 0 Å². The van der Waals surface area contributed by atoms with Gasteiger partial charge in [-0.05, 0) is 37.6 Å². The van der Waals surface area contributed by atoms with Gasteiger partial charge >= 0.3 is 6.03 Å². The van der Waals surface area contributed by atoms with Crippen molar-refractivity contribution >= 4 is 46.7 Å². The summed E-state index contributed by atoms with van der Waals surface area (Å²) in [5.41, 5.74) is 5.44. The summed E-state index contributed by atoms with van der Waals surface area (Å²) in [6.07, 6.45) is 0.496. The Bertz CT molecular complexity index is 793. The van der Waals surface area contributed by atoms with Crippen LogP contribution in [0.3, 0.4) is 0 Å². The molecule has 0 spiro atoms. The second-order valence-electron chi connectivity index (χ2n) is 7.57. The van der Waals surface area contributed by atoms with Crippen LogP contribution in [-0.4, -0.2) is 61.0 Å². The molecule has 158 valence electrons. The molecule has 3 rings (SSSR count). The van der Waals surface area contributed by atoms with Crippen LogP contribution >= 0.6 is 23.2 Å². The Morgan fingerprint density at radius 1 is 1.17 bits per heavy atom. The molecule has 2 aliphatic rings. The number of imide groups is 1. The smallest absolute Gasteiger partial charge is 0.322 e. The fourth-order valence-electron chi connectivity index (χ4n) is 4.02. The van der Waals surface area contributed by atoms with Crippen LogP contribution in [0.5, 0.6) is 0 Å². The van der Waals surface area contributed by atoms with Crippen molar-refractivity contribution in [3.05, 3.63) is 28.2 Å². The first-order valence-corrected chi connectivity index (χ1v) is 10.3. The van der Waals surface area contributed by atoms with Gasteiger partial charge < -0.3 is 20.9 Å². The third kappa shape index (κ3) is 4.76. The Labute approximate surface area is 179 Å². The summed E-state index contributed by atoms with van der Waals surface area (Å²) in [6, 6.07) is 4.84. The second-order valence-corrected chi connectivity index (χ2v) is 8.45. The Hall–Kier alpha value is -2.03. The van der Waals surface area contributed by atoms with E-state index in [0.717, 1.165) is 5.69 Å². The van der Waals surface area contributed by atoms with E-state index in [1.54, 1.807) is 17.9 Å². The van der Waals surface area contributed by atoms with Crippen molar-refractivity contribution in [1.29, 1.82) is 0 Å².